The molecular weight excluding hydrogens is 302 g/mol. The predicted molar refractivity (Wildman–Crippen MR) is 93.8 cm³/mol. The van der Waals surface area contributed by atoms with E-state index < -0.39 is 17.3 Å². The fourth-order valence-corrected chi connectivity index (χ4v) is 2.29. The molecule has 1 unspecified atom stereocenters. The molecule has 0 saturated heterocycles. The zero-order chi connectivity index (χ0) is 18.3. The van der Waals surface area contributed by atoms with Crippen molar-refractivity contribution in [2.45, 2.75) is 27.7 Å². The number of ketones is 1. The monoisotopic (exact) mass is 325 g/mol. The topological polar surface area (TPSA) is 67.2 Å². The van der Waals surface area contributed by atoms with Crippen LogP contribution in [0.25, 0.3) is 5.57 Å². The summed E-state index contributed by atoms with van der Waals surface area (Å²) < 4.78 is 5.15. The summed E-state index contributed by atoms with van der Waals surface area (Å²) in [6.07, 6.45) is 1.44. The van der Waals surface area contributed by atoms with Gasteiger partial charge in [-0.2, -0.15) is 5.26 Å². The van der Waals surface area contributed by atoms with Gasteiger partial charge in [-0.05, 0) is 18.1 Å². The lowest BCUT2D eigenvalue weighted by atomic mass is 9.76. The maximum Gasteiger partial charge on any atom is 0.321 e. The highest BCUT2D eigenvalue weighted by molar-refractivity contribution is 6.12. The average molecular weight is 325 g/mol. The van der Waals surface area contributed by atoms with Gasteiger partial charge < -0.3 is 4.74 Å². The Morgan fingerprint density at radius 2 is 1.88 bits per heavy atom. The van der Waals surface area contributed by atoms with Gasteiger partial charge in [0.2, 0.25) is 0 Å². The number of allylic oxidation sites excluding steroid dienone is 1. The first-order valence-electron chi connectivity index (χ1n) is 7.72. The van der Waals surface area contributed by atoms with Gasteiger partial charge in [-0.3, -0.25) is 9.59 Å². The molecule has 1 rings (SSSR count). The molecule has 24 heavy (non-hydrogen) atoms. The molecule has 0 spiro atoms. The molecule has 0 aromatic heterocycles. The van der Waals surface area contributed by atoms with E-state index in [1.807, 2.05) is 6.07 Å². The number of carbonyl (C=O) groups is 2. The first-order chi connectivity index (χ1) is 11.2. The molecule has 1 aromatic rings. The molecule has 0 aliphatic rings. The smallest absolute Gasteiger partial charge is 0.321 e. The molecule has 1 atom stereocenters. The normalized spacial score (nSPS) is 13.3. The Morgan fingerprint density at radius 1 is 1.29 bits per heavy atom. The van der Waals surface area contributed by atoms with Crippen LogP contribution in [0.3, 0.4) is 0 Å². The zero-order valence-corrected chi connectivity index (χ0v) is 14.6. The minimum atomic E-state index is -1.15. The van der Waals surface area contributed by atoms with Gasteiger partial charge in [-0.1, -0.05) is 63.8 Å². The zero-order valence-electron chi connectivity index (χ0n) is 14.6. The number of hydrogen-bond acceptors (Lipinski definition) is 4. The summed E-state index contributed by atoms with van der Waals surface area (Å²) in [7, 11) is 0. The van der Waals surface area contributed by atoms with Gasteiger partial charge in [-0.15, -0.1) is 0 Å². The lowest BCUT2D eigenvalue weighted by molar-refractivity contribution is -0.150. The minimum absolute atomic E-state index is 0.0143. The molecule has 126 valence electrons. The van der Waals surface area contributed by atoms with Crippen LogP contribution >= 0.6 is 0 Å². The van der Waals surface area contributed by atoms with Crippen LogP contribution in [0.5, 0.6) is 0 Å². The Balaban J connectivity index is 3.54. The third-order valence-electron chi connectivity index (χ3n) is 3.53. The van der Waals surface area contributed by atoms with Crippen molar-refractivity contribution in [1.29, 1.82) is 5.26 Å². The van der Waals surface area contributed by atoms with Crippen LogP contribution in [0.1, 0.15) is 33.3 Å². The first kappa shape index (κ1) is 19.4. The van der Waals surface area contributed by atoms with E-state index in [-0.39, 0.29) is 12.4 Å². The van der Waals surface area contributed by atoms with Gasteiger partial charge in [-0.25, -0.2) is 0 Å². The van der Waals surface area contributed by atoms with Crippen LogP contribution in [-0.2, 0) is 14.3 Å². The summed E-state index contributed by atoms with van der Waals surface area (Å²) in [6.45, 7) is 10.4. The summed E-state index contributed by atoms with van der Waals surface area (Å²) in [4.78, 5) is 25.5. The van der Waals surface area contributed by atoms with Crippen molar-refractivity contribution in [2.24, 2.45) is 11.3 Å². The summed E-state index contributed by atoms with van der Waals surface area (Å²) in [5.74, 6) is -2.10. The van der Waals surface area contributed by atoms with E-state index in [9.17, 15) is 14.9 Å². The van der Waals surface area contributed by atoms with E-state index in [0.29, 0.717) is 16.7 Å². The quantitative estimate of drug-likeness (QED) is 0.344. The molecule has 4 heteroatoms. The maximum absolute atomic E-state index is 12.9. The molecule has 0 fully saturated rings. The molecule has 0 N–H and O–H groups in total. The Kier molecular flexibility index (Phi) is 6.67. The molecule has 0 aliphatic carbocycles. The summed E-state index contributed by atoms with van der Waals surface area (Å²) in [6, 6.07) is 11.0. The maximum atomic E-state index is 12.9. The fraction of sp³-hybridized carbons (Fsp3) is 0.350. The van der Waals surface area contributed by atoms with E-state index in [4.69, 9.17) is 4.74 Å². The van der Waals surface area contributed by atoms with Crippen LogP contribution in [-0.4, -0.2) is 18.4 Å². The third-order valence-corrected chi connectivity index (χ3v) is 3.53. The van der Waals surface area contributed by atoms with Crippen LogP contribution in [0, 0.1) is 22.7 Å². The number of carbonyl (C=O) groups excluding carboxylic acids is 2. The number of nitriles is 1. The fourth-order valence-electron chi connectivity index (χ4n) is 2.29. The number of rotatable bonds is 6. The number of hydrogen-bond donors (Lipinski definition) is 0. The van der Waals surface area contributed by atoms with E-state index in [1.165, 1.54) is 6.08 Å². The van der Waals surface area contributed by atoms with Gasteiger partial charge >= 0.3 is 5.97 Å². The highest BCUT2D eigenvalue weighted by atomic mass is 16.5. The van der Waals surface area contributed by atoms with E-state index in [2.05, 4.69) is 12.6 Å². The van der Waals surface area contributed by atoms with Crippen LogP contribution in [0.4, 0.5) is 0 Å². The summed E-state index contributed by atoms with van der Waals surface area (Å²) in [5, 5.41) is 9.37. The van der Waals surface area contributed by atoms with Gasteiger partial charge in [0.1, 0.15) is 12.5 Å². The van der Waals surface area contributed by atoms with Crippen molar-refractivity contribution >= 4 is 17.3 Å². The van der Waals surface area contributed by atoms with Crippen LogP contribution in [0.15, 0.2) is 48.6 Å². The van der Waals surface area contributed by atoms with Gasteiger partial charge in [0, 0.05) is 11.0 Å². The molecule has 0 bridgehead atoms. The van der Waals surface area contributed by atoms with E-state index in [0.717, 1.165) is 0 Å². The van der Waals surface area contributed by atoms with E-state index in [1.54, 1.807) is 52.0 Å². The number of benzene rings is 1. The second-order valence-corrected chi connectivity index (χ2v) is 6.48. The molecule has 1 aromatic carbocycles. The molecule has 0 saturated carbocycles. The Labute approximate surface area is 143 Å². The third kappa shape index (κ3) is 4.66. The molecule has 4 nitrogen and oxygen atoms in total. The van der Waals surface area contributed by atoms with Crippen molar-refractivity contribution in [1.82, 2.24) is 0 Å². The second-order valence-electron chi connectivity index (χ2n) is 6.48. The average Bonchev–Trinajstić information content (AvgIpc) is 2.56. The minimum Gasteiger partial charge on any atom is -0.461 e. The van der Waals surface area contributed by atoms with Gasteiger partial charge in [0.15, 0.2) is 5.78 Å². The highest BCUT2D eigenvalue weighted by Crippen LogP contribution is 2.34. The van der Waals surface area contributed by atoms with Crippen LogP contribution < -0.4 is 0 Å². The number of ether oxygens (including phenoxy) is 1. The van der Waals surface area contributed by atoms with E-state index >= 15 is 0 Å². The van der Waals surface area contributed by atoms with Crippen molar-refractivity contribution in [2.75, 3.05) is 6.61 Å². The Morgan fingerprint density at radius 3 is 2.33 bits per heavy atom. The highest BCUT2D eigenvalue weighted by Gasteiger charge is 2.39. The lowest BCUT2D eigenvalue weighted by Crippen LogP contribution is -2.36. The lowest BCUT2D eigenvalue weighted by Gasteiger charge is -2.26. The SMILES string of the molecule is C=CCOC(=O)C(C(=O)C(C)(C)C)/C(=C(/C)C#N)c1ccccc1. The van der Waals surface area contributed by atoms with Crippen molar-refractivity contribution in [3.63, 3.8) is 0 Å². The van der Waals surface area contributed by atoms with Crippen molar-refractivity contribution in [3.05, 3.63) is 54.1 Å². The Hall–Kier alpha value is -2.67. The van der Waals surface area contributed by atoms with Gasteiger partial charge in [0.05, 0.1) is 6.07 Å². The standard InChI is InChI=1S/C20H23NO3/c1-6-12-24-19(23)17(18(22)20(3,4)5)16(14(2)13-21)15-10-8-7-9-11-15/h6-11,17H,1,12H2,2-5H3/b16-14-. The molecule has 0 radical (unpaired) electrons. The van der Waals surface area contributed by atoms with Gasteiger partial charge in [0.25, 0.3) is 0 Å². The van der Waals surface area contributed by atoms with Crippen molar-refractivity contribution in [3.8, 4) is 6.07 Å². The summed E-state index contributed by atoms with van der Waals surface area (Å²) in [5.41, 5.74) is 0.620. The molecule has 0 aliphatic heterocycles. The number of Topliss-reactive ketones (excluding diaryl/α,β-unsaturated/α-hetero) is 1. The van der Waals surface area contributed by atoms with Crippen LogP contribution in [0.2, 0.25) is 0 Å². The predicted octanol–water partition coefficient (Wildman–Crippen LogP) is 3.94. The molecular formula is C20H23NO3. The second kappa shape index (κ2) is 8.26. The first-order valence-corrected chi connectivity index (χ1v) is 7.72. The summed E-state index contributed by atoms with van der Waals surface area (Å²) >= 11 is 0. The number of nitrogens with zero attached hydrogens (tertiary/aromatic N) is 1. The number of esters is 1. The Bertz CT molecular complexity index is 688. The molecule has 0 amide bonds. The van der Waals surface area contributed by atoms with Crippen molar-refractivity contribution < 1.29 is 14.3 Å². The molecule has 0 heterocycles. The largest absolute Gasteiger partial charge is 0.461 e.